The highest BCUT2D eigenvalue weighted by atomic mass is 35.5. The van der Waals surface area contributed by atoms with Gasteiger partial charge in [-0.3, -0.25) is 5.84 Å². The molecule has 6 heteroatoms. The van der Waals surface area contributed by atoms with Crippen molar-refractivity contribution in [2.24, 2.45) is 5.84 Å². The summed E-state index contributed by atoms with van der Waals surface area (Å²) in [4.78, 5) is 0. The Bertz CT molecular complexity index is 553. The van der Waals surface area contributed by atoms with Crippen LogP contribution >= 0.6 is 34.8 Å². The summed E-state index contributed by atoms with van der Waals surface area (Å²) in [5, 5.41) is 0.920. The van der Waals surface area contributed by atoms with Crippen molar-refractivity contribution in [3.8, 4) is 0 Å². The van der Waals surface area contributed by atoms with E-state index in [1.54, 1.807) is 24.3 Å². The first-order chi connectivity index (χ1) is 9.02. The summed E-state index contributed by atoms with van der Waals surface area (Å²) in [7, 11) is 0. The molecule has 1 unspecified atom stereocenters. The Morgan fingerprint density at radius 1 is 0.895 bits per heavy atom. The largest absolute Gasteiger partial charge is 0.271 e. The predicted molar refractivity (Wildman–Crippen MR) is 77.0 cm³/mol. The molecule has 0 aliphatic rings. The van der Waals surface area contributed by atoms with Gasteiger partial charge in [-0.15, -0.1) is 0 Å². The molecule has 0 saturated heterocycles. The van der Waals surface area contributed by atoms with Crippen LogP contribution in [0.3, 0.4) is 0 Å². The molecule has 0 aliphatic heterocycles. The maximum atomic E-state index is 13.2. The third-order valence-electron chi connectivity index (χ3n) is 2.72. The minimum atomic E-state index is -0.477. The molecule has 0 saturated carbocycles. The number of rotatable bonds is 3. The lowest BCUT2D eigenvalue weighted by molar-refractivity contribution is 0.616. The molecule has 19 heavy (non-hydrogen) atoms. The van der Waals surface area contributed by atoms with Gasteiger partial charge in [-0.25, -0.2) is 9.82 Å². The molecule has 0 aliphatic carbocycles. The second kappa shape index (κ2) is 6.07. The zero-order valence-corrected chi connectivity index (χ0v) is 11.9. The highest BCUT2D eigenvalue weighted by Gasteiger charge is 2.15. The summed E-state index contributed by atoms with van der Waals surface area (Å²) in [6.45, 7) is 0. The molecule has 3 N–H and O–H groups in total. The van der Waals surface area contributed by atoms with Crippen molar-refractivity contribution in [3.63, 3.8) is 0 Å². The number of benzene rings is 2. The molecule has 0 amide bonds. The first kappa shape index (κ1) is 14.6. The number of halogens is 4. The van der Waals surface area contributed by atoms with Gasteiger partial charge in [0.1, 0.15) is 5.82 Å². The van der Waals surface area contributed by atoms with E-state index in [0.717, 1.165) is 11.1 Å². The van der Waals surface area contributed by atoms with Gasteiger partial charge in [-0.1, -0.05) is 46.9 Å². The lowest BCUT2D eigenvalue weighted by Gasteiger charge is -2.18. The van der Waals surface area contributed by atoms with E-state index in [2.05, 4.69) is 5.43 Å². The molecule has 0 radical (unpaired) electrons. The Balaban J connectivity index is 2.43. The number of hydrazine groups is 1. The lowest BCUT2D eigenvalue weighted by Crippen LogP contribution is -2.28. The fraction of sp³-hybridized carbons (Fsp3) is 0.0769. The third-order valence-corrected chi connectivity index (χ3v) is 3.75. The molecule has 2 aromatic carbocycles. The number of hydrogen-bond donors (Lipinski definition) is 2. The molecule has 100 valence electrons. The van der Waals surface area contributed by atoms with E-state index >= 15 is 0 Å². The standard InChI is InChI=1S/C13H10Cl3FN2/c14-9-3-1-7(5-10(9)15)13(19-18)8-2-4-12(17)11(16)6-8/h1-6,13,19H,18H2. The average Bonchev–Trinajstić information content (AvgIpc) is 2.39. The zero-order chi connectivity index (χ0) is 14.0. The highest BCUT2D eigenvalue weighted by Crippen LogP contribution is 2.30. The fourth-order valence-electron chi connectivity index (χ4n) is 1.77. The van der Waals surface area contributed by atoms with Gasteiger partial charge in [-0.2, -0.15) is 0 Å². The summed E-state index contributed by atoms with van der Waals surface area (Å²) in [6.07, 6.45) is 0. The Labute approximate surface area is 125 Å². The quantitative estimate of drug-likeness (QED) is 0.652. The van der Waals surface area contributed by atoms with Gasteiger partial charge >= 0.3 is 0 Å². The maximum Gasteiger partial charge on any atom is 0.141 e. The van der Waals surface area contributed by atoms with Crippen LogP contribution in [0.4, 0.5) is 4.39 Å². The summed E-state index contributed by atoms with van der Waals surface area (Å²) in [5.74, 6) is 5.07. The van der Waals surface area contributed by atoms with Crippen LogP contribution in [-0.4, -0.2) is 0 Å². The average molecular weight is 320 g/mol. The molecule has 2 nitrogen and oxygen atoms in total. The predicted octanol–water partition coefficient (Wildman–Crippen LogP) is 4.34. The summed E-state index contributed by atoms with van der Waals surface area (Å²) in [6, 6.07) is 9.22. The summed E-state index contributed by atoms with van der Waals surface area (Å²) >= 11 is 17.6. The van der Waals surface area contributed by atoms with E-state index in [1.165, 1.54) is 12.1 Å². The van der Waals surface area contributed by atoms with Crippen LogP contribution < -0.4 is 11.3 Å². The second-order valence-corrected chi connectivity index (χ2v) is 5.17. The Hall–Kier alpha value is -0.840. The number of hydrogen-bond acceptors (Lipinski definition) is 2. The van der Waals surface area contributed by atoms with E-state index in [-0.39, 0.29) is 11.1 Å². The van der Waals surface area contributed by atoms with Crippen LogP contribution in [-0.2, 0) is 0 Å². The minimum absolute atomic E-state index is 0.0396. The van der Waals surface area contributed by atoms with Crippen LogP contribution in [0.1, 0.15) is 17.2 Å². The third kappa shape index (κ3) is 3.19. The van der Waals surface area contributed by atoms with Crippen LogP contribution in [0, 0.1) is 5.82 Å². The van der Waals surface area contributed by atoms with Crippen molar-refractivity contribution in [1.82, 2.24) is 5.43 Å². The first-order valence-electron chi connectivity index (χ1n) is 5.39. The van der Waals surface area contributed by atoms with E-state index in [9.17, 15) is 4.39 Å². The van der Waals surface area contributed by atoms with Crippen molar-refractivity contribution in [3.05, 3.63) is 68.4 Å². The molecule has 0 heterocycles. The number of nitrogens with one attached hydrogen (secondary N) is 1. The van der Waals surface area contributed by atoms with Crippen LogP contribution in [0.15, 0.2) is 36.4 Å². The molecule has 0 fully saturated rings. The van der Waals surface area contributed by atoms with Crippen molar-refractivity contribution >= 4 is 34.8 Å². The molecule has 0 spiro atoms. The smallest absolute Gasteiger partial charge is 0.141 e. The monoisotopic (exact) mass is 318 g/mol. The van der Waals surface area contributed by atoms with E-state index < -0.39 is 5.82 Å². The van der Waals surface area contributed by atoms with Gasteiger partial charge in [0.15, 0.2) is 0 Å². The van der Waals surface area contributed by atoms with Crippen LogP contribution in [0.5, 0.6) is 0 Å². The van der Waals surface area contributed by atoms with Gasteiger partial charge < -0.3 is 0 Å². The molecular formula is C13H10Cl3FN2. The molecular weight excluding hydrogens is 310 g/mol. The van der Waals surface area contributed by atoms with Gasteiger partial charge in [0.25, 0.3) is 0 Å². The van der Waals surface area contributed by atoms with E-state index in [1.807, 2.05) is 0 Å². The Morgan fingerprint density at radius 3 is 2.00 bits per heavy atom. The zero-order valence-electron chi connectivity index (χ0n) is 9.63. The molecule has 1 atom stereocenters. The van der Waals surface area contributed by atoms with Crippen molar-refractivity contribution in [1.29, 1.82) is 0 Å². The molecule has 2 aromatic rings. The Morgan fingerprint density at radius 2 is 1.47 bits per heavy atom. The SMILES string of the molecule is NNC(c1ccc(F)c(Cl)c1)c1ccc(Cl)c(Cl)c1. The topological polar surface area (TPSA) is 38.0 Å². The Kier molecular flexibility index (Phi) is 4.66. The lowest BCUT2D eigenvalue weighted by atomic mass is 9.99. The van der Waals surface area contributed by atoms with Crippen molar-refractivity contribution < 1.29 is 4.39 Å². The van der Waals surface area contributed by atoms with Gasteiger partial charge in [0.05, 0.1) is 21.1 Å². The highest BCUT2D eigenvalue weighted by molar-refractivity contribution is 6.42. The van der Waals surface area contributed by atoms with Crippen molar-refractivity contribution in [2.75, 3.05) is 0 Å². The summed E-state index contributed by atoms with van der Waals surface area (Å²) < 4.78 is 13.2. The summed E-state index contributed by atoms with van der Waals surface area (Å²) in [5.41, 5.74) is 4.18. The van der Waals surface area contributed by atoms with Crippen LogP contribution in [0.25, 0.3) is 0 Å². The normalized spacial score (nSPS) is 12.5. The maximum absolute atomic E-state index is 13.2. The van der Waals surface area contributed by atoms with E-state index in [4.69, 9.17) is 40.6 Å². The molecule has 0 aromatic heterocycles. The number of nitrogens with two attached hydrogens (primary N) is 1. The second-order valence-electron chi connectivity index (χ2n) is 3.95. The van der Waals surface area contributed by atoms with Gasteiger partial charge in [-0.05, 0) is 35.4 Å². The minimum Gasteiger partial charge on any atom is -0.271 e. The van der Waals surface area contributed by atoms with E-state index in [0.29, 0.717) is 10.0 Å². The molecule has 2 rings (SSSR count). The van der Waals surface area contributed by atoms with Crippen LogP contribution in [0.2, 0.25) is 15.1 Å². The first-order valence-corrected chi connectivity index (χ1v) is 6.52. The van der Waals surface area contributed by atoms with Gasteiger partial charge in [0.2, 0.25) is 0 Å². The molecule has 0 bridgehead atoms. The fourth-order valence-corrected chi connectivity index (χ4v) is 2.26. The van der Waals surface area contributed by atoms with Crippen molar-refractivity contribution in [2.45, 2.75) is 6.04 Å². The van der Waals surface area contributed by atoms with Gasteiger partial charge in [0, 0.05) is 0 Å².